The molecule has 1 unspecified atom stereocenters. The highest BCUT2D eigenvalue weighted by Gasteiger charge is 2.16. The molecule has 27 heavy (non-hydrogen) atoms. The van der Waals surface area contributed by atoms with E-state index >= 15 is 0 Å². The van der Waals surface area contributed by atoms with Crippen molar-refractivity contribution in [3.63, 3.8) is 0 Å². The van der Waals surface area contributed by atoms with Crippen LogP contribution in [0.1, 0.15) is 35.9 Å². The highest BCUT2D eigenvalue weighted by atomic mass is 32.2. The van der Waals surface area contributed by atoms with Crippen LogP contribution in [0.4, 0.5) is 0 Å². The lowest BCUT2D eigenvalue weighted by atomic mass is 10.1. The van der Waals surface area contributed by atoms with Crippen LogP contribution in [0, 0.1) is 0 Å². The molecule has 0 amide bonds. The molecule has 1 atom stereocenters. The molecule has 0 saturated heterocycles. The first-order valence-corrected chi connectivity index (χ1v) is 10.4. The summed E-state index contributed by atoms with van der Waals surface area (Å²) in [6.07, 6.45) is 0.122. The minimum absolute atomic E-state index is 0.0571. The number of esters is 1. The lowest BCUT2D eigenvalue weighted by Gasteiger charge is -2.13. The summed E-state index contributed by atoms with van der Waals surface area (Å²) in [7, 11) is -0.285. The van der Waals surface area contributed by atoms with Gasteiger partial charge in [-0.15, -0.1) is 0 Å². The van der Waals surface area contributed by atoms with E-state index in [1.165, 1.54) is 7.11 Å². The lowest BCUT2D eigenvalue weighted by Crippen LogP contribution is -2.27. The Morgan fingerprint density at radius 3 is 2.59 bits per heavy atom. The number of methoxy groups -OCH3 is 1. The molecule has 148 valence electrons. The van der Waals surface area contributed by atoms with E-state index in [1.54, 1.807) is 18.2 Å². The van der Waals surface area contributed by atoms with Crippen molar-refractivity contribution in [3.8, 4) is 0 Å². The van der Waals surface area contributed by atoms with Gasteiger partial charge < -0.3 is 14.4 Å². The van der Waals surface area contributed by atoms with E-state index in [1.807, 2.05) is 35.9 Å². The van der Waals surface area contributed by atoms with Gasteiger partial charge >= 0.3 is 5.97 Å². The second-order valence-electron chi connectivity index (χ2n) is 6.33. The molecule has 0 saturated carbocycles. The third-order valence-corrected chi connectivity index (χ3v) is 5.72. The zero-order chi connectivity index (χ0) is 19.9. The minimum atomic E-state index is -3.41. The Labute approximate surface area is 160 Å². The van der Waals surface area contributed by atoms with E-state index in [2.05, 4.69) is 9.46 Å². The molecule has 0 fully saturated rings. The molecule has 8 heteroatoms. The van der Waals surface area contributed by atoms with Gasteiger partial charge in [0.15, 0.2) is 0 Å². The SMILES string of the molecule is COC(=O)CCC(O)c1ccc(CCNS(=O)(=O)Cc2ccccc2)n1C. The molecule has 0 spiro atoms. The van der Waals surface area contributed by atoms with Gasteiger partial charge in [-0.3, -0.25) is 4.79 Å². The topological polar surface area (TPSA) is 97.6 Å². The number of carbonyl (C=O) groups is 1. The van der Waals surface area contributed by atoms with Crippen molar-refractivity contribution >= 4 is 16.0 Å². The zero-order valence-corrected chi connectivity index (χ0v) is 16.4. The van der Waals surface area contributed by atoms with Crippen LogP contribution in [0.2, 0.25) is 0 Å². The van der Waals surface area contributed by atoms with Crippen LogP contribution in [0.5, 0.6) is 0 Å². The quantitative estimate of drug-likeness (QED) is 0.598. The largest absolute Gasteiger partial charge is 0.469 e. The fraction of sp³-hybridized carbons (Fsp3) is 0.421. The van der Waals surface area contributed by atoms with Crippen LogP contribution in [0.15, 0.2) is 42.5 Å². The van der Waals surface area contributed by atoms with Crippen LogP contribution >= 0.6 is 0 Å². The molecule has 0 bridgehead atoms. The second kappa shape index (κ2) is 9.68. The lowest BCUT2D eigenvalue weighted by molar-refractivity contribution is -0.141. The van der Waals surface area contributed by atoms with Crippen LogP contribution in [0.3, 0.4) is 0 Å². The Kier molecular flexibility index (Phi) is 7.58. The van der Waals surface area contributed by atoms with Crippen molar-refractivity contribution in [2.45, 2.75) is 31.1 Å². The number of benzene rings is 1. The number of nitrogens with zero attached hydrogens (tertiary/aromatic N) is 1. The highest BCUT2D eigenvalue weighted by molar-refractivity contribution is 7.88. The molecular weight excluding hydrogens is 368 g/mol. The van der Waals surface area contributed by atoms with Crippen LogP contribution in [-0.4, -0.2) is 37.7 Å². The van der Waals surface area contributed by atoms with Crippen molar-refractivity contribution in [2.75, 3.05) is 13.7 Å². The molecule has 2 rings (SSSR count). The molecule has 7 nitrogen and oxygen atoms in total. The molecule has 2 N–H and O–H groups in total. The standard InChI is InChI=1S/C19H26N2O5S/c1-21-16(8-9-17(21)18(22)10-11-19(23)26-2)12-13-20-27(24,25)14-15-6-4-3-5-7-15/h3-9,18,20,22H,10-14H2,1-2H3. The summed E-state index contributed by atoms with van der Waals surface area (Å²) in [4.78, 5) is 11.2. The van der Waals surface area contributed by atoms with E-state index in [0.29, 0.717) is 12.1 Å². The fourth-order valence-electron chi connectivity index (χ4n) is 2.84. The number of aliphatic hydroxyl groups is 1. The van der Waals surface area contributed by atoms with E-state index in [4.69, 9.17) is 0 Å². The summed E-state index contributed by atoms with van der Waals surface area (Å²) < 4.78 is 33.3. The number of aromatic nitrogens is 1. The minimum Gasteiger partial charge on any atom is -0.469 e. The van der Waals surface area contributed by atoms with Gasteiger partial charge in [0.05, 0.1) is 19.0 Å². The number of sulfonamides is 1. The highest BCUT2D eigenvalue weighted by Crippen LogP contribution is 2.21. The number of rotatable bonds is 10. The number of carbonyl (C=O) groups excluding carboxylic acids is 1. The zero-order valence-electron chi connectivity index (χ0n) is 15.6. The predicted molar refractivity (Wildman–Crippen MR) is 102 cm³/mol. The summed E-state index contributed by atoms with van der Waals surface area (Å²) in [5, 5.41) is 10.2. The summed E-state index contributed by atoms with van der Waals surface area (Å²) in [5.41, 5.74) is 2.31. The molecule has 1 heterocycles. The Hall–Kier alpha value is -2.16. The molecule has 2 aromatic rings. The van der Waals surface area contributed by atoms with Crippen molar-refractivity contribution in [1.29, 1.82) is 0 Å². The molecule has 0 radical (unpaired) electrons. The maximum Gasteiger partial charge on any atom is 0.305 e. The molecule has 1 aromatic carbocycles. The number of aliphatic hydroxyl groups excluding tert-OH is 1. The third-order valence-electron chi connectivity index (χ3n) is 4.36. The van der Waals surface area contributed by atoms with Gasteiger partial charge in [0, 0.05) is 37.8 Å². The predicted octanol–water partition coefficient (Wildman–Crippen LogP) is 1.67. The van der Waals surface area contributed by atoms with Crippen LogP contribution in [0.25, 0.3) is 0 Å². The molecule has 0 aliphatic heterocycles. The Bertz CT molecular complexity index is 846. The first-order valence-electron chi connectivity index (χ1n) is 8.73. The first-order chi connectivity index (χ1) is 12.8. The van der Waals surface area contributed by atoms with Gasteiger partial charge in [-0.2, -0.15) is 0 Å². The monoisotopic (exact) mass is 394 g/mol. The van der Waals surface area contributed by atoms with Gasteiger partial charge in [-0.05, 0) is 24.1 Å². The van der Waals surface area contributed by atoms with Crippen molar-refractivity contribution in [1.82, 2.24) is 9.29 Å². The van der Waals surface area contributed by atoms with E-state index in [0.717, 1.165) is 11.3 Å². The average molecular weight is 394 g/mol. The van der Waals surface area contributed by atoms with E-state index < -0.39 is 16.1 Å². The summed E-state index contributed by atoms with van der Waals surface area (Å²) >= 11 is 0. The van der Waals surface area contributed by atoms with E-state index in [-0.39, 0.29) is 31.1 Å². The van der Waals surface area contributed by atoms with Crippen molar-refractivity contribution in [2.24, 2.45) is 7.05 Å². The third kappa shape index (κ3) is 6.50. The number of hydrogen-bond acceptors (Lipinski definition) is 5. The molecule has 1 aromatic heterocycles. The summed E-state index contributed by atoms with van der Waals surface area (Å²) in [5.74, 6) is -0.422. The smallest absolute Gasteiger partial charge is 0.305 e. The molecular formula is C19H26N2O5S. The van der Waals surface area contributed by atoms with Crippen LogP contribution < -0.4 is 4.72 Å². The average Bonchev–Trinajstić information content (AvgIpc) is 3.00. The van der Waals surface area contributed by atoms with Crippen LogP contribution in [-0.2, 0) is 38.8 Å². The maximum absolute atomic E-state index is 12.2. The first kappa shape index (κ1) is 21.1. The van der Waals surface area contributed by atoms with Gasteiger partial charge in [0.25, 0.3) is 0 Å². The number of hydrogen-bond donors (Lipinski definition) is 2. The Morgan fingerprint density at radius 1 is 1.22 bits per heavy atom. The van der Waals surface area contributed by atoms with Gasteiger partial charge in [-0.25, -0.2) is 13.1 Å². The van der Waals surface area contributed by atoms with Gasteiger partial charge in [0.2, 0.25) is 10.0 Å². The molecule has 0 aliphatic carbocycles. The van der Waals surface area contributed by atoms with Gasteiger partial charge in [-0.1, -0.05) is 30.3 Å². The summed E-state index contributed by atoms with van der Waals surface area (Å²) in [6, 6.07) is 12.6. The number of ether oxygens (including phenoxy) is 1. The van der Waals surface area contributed by atoms with Crippen molar-refractivity contribution in [3.05, 3.63) is 59.4 Å². The number of nitrogens with one attached hydrogen (secondary N) is 1. The maximum atomic E-state index is 12.2. The second-order valence-corrected chi connectivity index (χ2v) is 8.14. The van der Waals surface area contributed by atoms with Crippen molar-refractivity contribution < 1.29 is 23.1 Å². The molecule has 0 aliphatic rings. The van der Waals surface area contributed by atoms with E-state index in [9.17, 15) is 18.3 Å². The Balaban J connectivity index is 1.87. The normalized spacial score (nSPS) is 12.7. The Morgan fingerprint density at radius 2 is 1.93 bits per heavy atom. The summed E-state index contributed by atoms with van der Waals surface area (Å²) in [6.45, 7) is 0.269. The van der Waals surface area contributed by atoms with Gasteiger partial charge in [0.1, 0.15) is 0 Å². The fourth-order valence-corrected chi connectivity index (χ4v) is 3.99.